The summed E-state index contributed by atoms with van der Waals surface area (Å²) in [6.07, 6.45) is 9.75. The fourth-order valence-corrected chi connectivity index (χ4v) is 2.37. The van der Waals surface area contributed by atoms with Crippen LogP contribution in [0, 0.1) is 0 Å². The molecule has 3 aromatic rings. The van der Waals surface area contributed by atoms with Crippen molar-refractivity contribution in [1.29, 1.82) is 0 Å². The number of para-hydroxylation sites is 1. The topological polar surface area (TPSA) is 71.8 Å². The number of anilines is 2. The highest BCUT2D eigenvalue weighted by Crippen LogP contribution is 2.17. The van der Waals surface area contributed by atoms with Gasteiger partial charge in [0.25, 0.3) is 5.91 Å². The average molecular weight is 321 g/mol. The van der Waals surface area contributed by atoms with Gasteiger partial charge in [-0.3, -0.25) is 9.78 Å². The summed E-state index contributed by atoms with van der Waals surface area (Å²) in [6.45, 7) is 1.66. The molecule has 0 aliphatic carbocycles. The number of hydrogen-bond donors (Lipinski definition) is 2. The number of pyridine rings is 1. The number of nitrogens with zero attached hydrogens (tertiary/aromatic N) is 3. The number of aromatic nitrogens is 3. The monoisotopic (exact) mass is 321 g/mol. The van der Waals surface area contributed by atoms with Gasteiger partial charge in [0.05, 0.1) is 11.9 Å². The van der Waals surface area contributed by atoms with Gasteiger partial charge >= 0.3 is 0 Å². The number of aryl methyl sites for hydroxylation is 1. The van der Waals surface area contributed by atoms with Gasteiger partial charge in [0.1, 0.15) is 0 Å². The predicted octanol–water partition coefficient (Wildman–Crippen LogP) is 3.03. The molecule has 0 radical (unpaired) electrons. The number of amides is 1. The maximum Gasteiger partial charge on any atom is 0.257 e. The fraction of sp³-hybridized carbons (Fsp3) is 0.167. The molecule has 0 aliphatic heterocycles. The molecule has 0 unspecified atom stereocenters. The minimum absolute atomic E-state index is 0.140. The van der Waals surface area contributed by atoms with E-state index >= 15 is 0 Å². The molecular formula is C18H19N5O. The van der Waals surface area contributed by atoms with Gasteiger partial charge in [0.2, 0.25) is 0 Å². The molecule has 0 spiro atoms. The summed E-state index contributed by atoms with van der Waals surface area (Å²) in [5, 5.41) is 6.22. The van der Waals surface area contributed by atoms with E-state index in [1.807, 2.05) is 35.0 Å². The van der Waals surface area contributed by atoms with Crippen molar-refractivity contribution in [2.45, 2.75) is 13.0 Å². The first-order chi connectivity index (χ1) is 11.8. The van der Waals surface area contributed by atoms with Crippen LogP contribution in [-0.2, 0) is 6.54 Å². The van der Waals surface area contributed by atoms with Gasteiger partial charge in [-0.1, -0.05) is 12.1 Å². The van der Waals surface area contributed by atoms with E-state index in [1.165, 1.54) is 0 Å². The summed E-state index contributed by atoms with van der Waals surface area (Å²) in [6, 6.07) is 11.0. The molecule has 122 valence electrons. The third-order valence-corrected chi connectivity index (χ3v) is 3.58. The highest BCUT2D eigenvalue weighted by atomic mass is 16.1. The van der Waals surface area contributed by atoms with Crippen molar-refractivity contribution < 1.29 is 4.79 Å². The number of nitrogens with one attached hydrogen (secondary N) is 2. The smallest absolute Gasteiger partial charge is 0.257 e. The zero-order valence-electron chi connectivity index (χ0n) is 13.2. The molecule has 2 N–H and O–H groups in total. The molecule has 0 atom stereocenters. The molecule has 3 rings (SSSR count). The Morgan fingerprint density at radius 2 is 1.88 bits per heavy atom. The molecule has 2 aromatic heterocycles. The Balaban J connectivity index is 1.59. The van der Waals surface area contributed by atoms with E-state index in [0.717, 1.165) is 30.9 Å². The fourth-order valence-electron chi connectivity index (χ4n) is 2.37. The zero-order valence-corrected chi connectivity index (χ0v) is 13.2. The van der Waals surface area contributed by atoms with Gasteiger partial charge in [-0.2, -0.15) is 0 Å². The normalized spacial score (nSPS) is 10.3. The summed E-state index contributed by atoms with van der Waals surface area (Å²) < 4.78 is 2.03. The minimum Gasteiger partial charge on any atom is -0.384 e. The standard InChI is InChI=1S/C18H19N5O/c24-18(22-15-6-9-19-10-7-15)16-4-1-2-5-17(16)21-8-3-12-23-13-11-20-14-23/h1-2,4-7,9-11,13-14,21H,3,8,12H2,(H,19,22,24). The van der Waals surface area contributed by atoms with Crippen molar-refractivity contribution in [2.75, 3.05) is 17.2 Å². The molecule has 24 heavy (non-hydrogen) atoms. The van der Waals surface area contributed by atoms with Crippen molar-refractivity contribution in [1.82, 2.24) is 14.5 Å². The molecule has 1 aromatic carbocycles. The van der Waals surface area contributed by atoms with Crippen LogP contribution in [0.15, 0.2) is 67.5 Å². The van der Waals surface area contributed by atoms with Gasteiger partial charge in [0.15, 0.2) is 0 Å². The van der Waals surface area contributed by atoms with E-state index in [-0.39, 0.29) is 5.91 Å². The number of rotatable bonds is 7. The summed E-state index contributed by atoms with van der Waals surface area (Å²) in [7, 11) is 0. The first-order valence-corrected chi connectivity index (χ1v) is 7.83. The minimum atomic E-state index is -0.140. The van der Waals surface area contributed by atoms with Crippen LogP contribution in [0.4, 0.5) is 11.4 Å². The highest BCUT2D eigenvalue weighted by molar-refractivity contribution is 6.07. The summed E-state index contributed by atoms with van der Waals surface area (Å²) >= 11 is 0. The quantitative estimate of drug-likeness (QED) is 0.656. The van der Waals surface area contributed by atoms with E-state index in [2.05, 4.69) is 20.6 Å². The lowest BCUT2D eigenvalue weighted by Gasteiger charge is -2.12. The predicted molar refractivity (Wildman–Crippen MR) is 94.0 cm³/mol. The van der Waals surface area contributed by atoms with Crippen molar-refractivity contribution in [2.24, 2.45) is 0 Å². The molecule has 0 aliphatic rings. The van der Waals surface area contributed by atoms with Gasteiger partial charge < -0.3 is 15.2 Å². The van der Waals surface area contributed by atoms with Crippen molar-refractivity contribution in [3.63, 3.8) is 0 Å². The van der Waals surface area contributed by atoms with Gasteiger partial charge in [-0.15, -0.1) is 0 Å². The van der Waals surface area contributed by atoms with Crippen LogP contribution in [-0.4, -0.2) is 27.0 Å². The van der Waals surface area contributed by atoms with E-state index in [4.69, 9.17) is 0 Å². The summed E-state index contributed by atoms with van der Waals surface area (Å²) in [5.74, 6) is -0.140. The van der Waals surface area contributed by atoms with Crippen LogP contribution in [0.2, 0.25) is 0 Å². The van der Waals surface area contributed by atoms with Crippen LogP contribution in [0.3, 0.4) is 0 Å². The van der Waals surface area contributed by atoms with E-state index < -0.39 is 0 Å². The summed E-state index contributed by atoms with van der Waals surface area (Å²) in [4.78, 5) is 20.4. The Hall–Kier alpha value is -3.15. The molecule has 0 fully saturated rings. The third kappa shape index (κ3) is 4.19. The Bertz CT molecular complexity index is 771. The Kier molecular flexibility index (Phi) is 5.19. The molecule has 0 saturated carbocycles. The summed E-state index contributed by atoms with van der Waals surface area (Å²) in [5.41, 5.74) is 2.18. The number of imidazole rings is 1. The van der Waals surface area contributed by atoms with Crippen molar-refractivity contribution in [3.8, 4) is 0 Å². The molecule has 0 saturated heterocycles. The maximum atomic E-state index is 12.5. The molecule has 2 heterocycles. The average Bonchev–Trinajstić information content (AvgIpc) is 3.13. The largest absolute Gasteiger partial charge is 0.384 e. The number of benzene rings is 1. The van der Waals surface area contributed by atoms with Gasteiger partial charge in [-0.25, -0.2) is 4.98 Å². The Morgan fingerprint density at radius 3 is 2.67 bits per heavy atom. The lowest BCUT2D eigenvalue weighted by Crippen LogP contribution is -2.15. The van der Waals surface area contributed by atoms with Gasteiger partial charge in [0, 0.05) is 49.3 Å². The Morgan fingerprint density at radius 1 is 1.04 bits per heavy atom. The number of hydrogen-bond acceptors (Lipinski definition) is 4. The van der Waals surface area contributed by atoms with Crippen LogP contribution >= 0.6 is 0 Å². The first-order valence-electron chi connectivity index (χ1n) is 7.83. The highest BCUT2D eigenvalue weighted by Gasteiger charge is 2.10. The van der Waals surface area contributed by atoms with Crippen LogP contribution in [0.5, 0.6) is 0 Å². The molecular weight excluding hydrogens is 302 g/mol. The van der Waals surface area contributed by atoms with E-state index in [0.29, 0.717) is 5.56 Å². The first kappa shape index (κ1) is 15.7. The third-order valence-electron chi connectivity index (χ3n) is 3.58. The lowest BCUT2D eigenvalue weighted by atomic mass is 10.1. The second kappa shape index (κ2) is 7.92. The Labute approximate surface area is 140 Å². The van der Waals surface area contributed by atoms with E-state index in [9.17, 15) is 4.79 Å². The molecule has 0 bridgehead atoms. The SMILES string of the molecule is O=C(Nc1ccncc1)c1ccccc1NCCCn1ccnc1. The number of carbonyl (C=O) groups excluding carboxylic acids is 1. The second-order valence-electron chi connectivity index (χ2n) is 5.32. The van der Waals surface area contributed by atoms with Crippen molar-refractivity contribution >= 4 is 17.3 Å². The van der Waals surface area contributed by atoms with Crippen molar-refractivity contribution in [3.05, 3.63) is 73.1 Å². The van der Waals surface area contributed by atoms with Crippen LogP contribution in [0.1, 0.15) is 16.8 Å². The molecule has 6 heteroatoms. The number of carbonyl (C=O) groups is 1. The van der Waals surface area contributed by atoms with Gasteiger partial charge in [-0.05, 0) is 30.7 Å². The van der Waals surface area contributed by atoms with E-state index in [1.54, 1.807) is 37.1 Å². The second-order valence-corrected chi connectivity index (χ2v) is 5.32. The molecule has 1 amide bonds. The lowest BCUT2D eigenvalue weighted by molar-refractivity contribution is 0.102. The molecule has 6 nitrogen and oxygen atoms in total. The van der Waals surface area contributed by atoms with Crippen LogP contribution in [0.25, 0.3) is 0 Å². The van der Waals surface area contributed by atoms with Crippen LogP contribution < -0.4 is 10.6 Å². The maximum absolute atomic E-state index is 12.5. The zero-order chi connectivity index (χ0) is 16.6.